The fourth-order valence-corrected chi connectivity index (χ4v) is 2.33. The van der Waals surface area contributed by atoms with E-state index >= 15 is 0 Å². The van der Waals surface area contributed by atoms with E-state index in [1.165, 1.54) is 0 Å². The van der Waals surface area contributed by atoms with E-state index in [9.17, 15) is 24.3 Å². The van der Waals surface area contributed by atoms with Crippen LogP contribution in [-0.4, -0.2) is 45.4 Å². The number of carbonyl (C=O) groups is 4. The molecule has 1 saturated heterocycles. The molecule has 19 heavy (non-hydrogen) atoms. The summed E-state index contributed by atoms with van der Waals surface area (Å²) in [5, 5.41) is 9.37. The molecule has 2 atom stereocenters. The summed E-state index contributed by atoms with van der Waals surface area (Å²) in [6.07, 6.45) is -1.21. The zero-order valence-corrected chi connectivity index (χ0v) is 11.1. The quantitative estimate of drug-likeness (QED) is 0.723. The molecule has 0 aliphatic carbocycles. The maximum atomic E-state index is 11.9. The molecule has 0 radical (unpaired) electrons. The van der Waals surface area contributed by atoms with Crippen molar-refractivity contribution in [2.75, 3.05) is 0 Å². The Bertz CT molecular complexity index is 432. The van der Waals surface area contributed by atoms with E-state index in [-0.39, 0.29) is 19.3 Å². The van der Waals surface area contributed by atoms with Gasteiger partial charge in [-0.15, -0.1) is 0 Å². The first kappa shape index (κ1) is 15.1. The number of rotatable bonds is 5. The van der Waals surface area contributed by atoms with E-state index < -0.39 is 35.4 Å². The van der Waals surface area contributed by atoms with Gasteiger partial charge in [0.25, 0.3) is 0 Å². The van der Waals surface area contributed by atoms with Gasteiger partial charge < -0.3 is 9.84 Å². The van der Waals surface area contributed by atoms with Crippen LogP contribution in [-0.2, 0) is 23.9 Å². The third-order valence-electron chi connectivity index (χ3n) is 3.33. The molecule has 106 valence electrons. The Morgan fingerprint density at radius 1 is 1.42 bits per heavy atom. The Morgan fingerprint density at radius 2 is 2.00 bits per heavy atom. The van der Waals surface area contributed by atoms with Crippen LogP contribution in [0.3, 0.4) is 0 Å². The van der Waals surface area contributed by atoms with Gasteiger partial charge in [-0.25, -0.2) is 4.79 Å². The van der Waals surface area contributed by atoms with Gasteiger partial charge in [0.05, 0.1) is 0 Å². The summed E-state index contributed by atoms with van der Waals surface area (Å²) in [6, 6.07) is 0. The predicted molar refractivity (Wildman–Crippen MR) is 63.0 cm³/mol. The van der Waals surface area contributed by atoms with E-state index in [0.717, 1.165) is 18.7 Å². The molecule has 0 saturated carbocycles. The van der Waals surface area contributed by atoms with Gasteiger partial charge in [-0.2, -0.15) is 0 Å². The third-order valence-corrected chi connectivity index (χ3v) is 3.33. The zero-order chi connectivity index (χ0) is 14.8. The lowest BCUT2D eigenvalue weighted by Crippen LogP contribution is -2.58. The van der Waals surface area contributed by atoms with Gasteiger partial charge in [-0.3, -0.25) is 19.3 Å². The van der Waals surface area contributed by atoms with E-state index in [2.05, 4.69) is 0 Å². The maximum absolute atomic E-state index is 11.9. The fourth-order valence-electron chi connectivity index (χ4n) is 2.33. The smallest absolute Gasteiger partial charge is 0.329 e. The molecule has 1 unspecified atom stereocenters. The summed E-state index contributed by atoms with van der Waals surface area (Å²) in [5.41, 5.74) is -1.48. The largest absolute Gasteiger partial charge is 0.479 e. The average Bonchev–Trinajstić information content (AvgIpc) is 2.64. The monoisotopic (exact) mass is 271 g/mol. The second kappa shape index (κ2) is 5.38. The van der Waals surface area contributed by atoms with Crippen molar-refractivity contribution in [1.82, 2.24) is 4.90 Å². The molecule has 0 spiro atoms. The van der Waals surface area contributed by atoms with Gasteiger partial charge in [0.2, 0.25) is 12.1 Å². The Kier molecular flexibility index (Phi) is 4.28. The summed E-state index contributed by atoms with van der Waals surface area (Å²) in [5.74, 6) is -3.01. The number of Topliss-reactive ketones (excluding diaryl/α,β-unsaturated/α-hetero) is 1. The first-order valence-electron chi connectivity index (χ1n) is 5.99. The molecule has 1 aliphatic heterocycles. The van der Waals surface area contributed by atoms with E-state index in [0.29, 0.717) is 0 Å². The molecule has 7 heteroatoms. The van der Waals surface area contributed by atoms with Crippen LogP contribution in [0, 0.1) is 0 Å². The summed E-state index contributed by atoms with van der Waals surface area (Å²) < 4.78 is 4.83. The Labute approximate surface area is 110 Å². The van der Waals surface area contributed by atoms with Crippen LogP contribution in [0.15, 0.2) is 0 Å². The highest BCUT2D eigenvalue weighted by Gasteiger charge is 2.54. The summed E-state index contributed by atoms with van der Waals surface area (Å²) in [6.45, 7) is 3.87. The fraction of sp³-hybridized carbons (Fsp3) is 0.667. The summed E-state index contributed by atoms with van der Waals surface area (Å²) in [4.78, 5) is 46.9. The minimum Gasteiger partial charge on any atom is -0.479 e. The Morgan fingerprint density at radius 3 is 2.37 bits per heavy atom. The van der Waals surface area contributed by atoms with E-state index in [1.54, 1.807) is 6.92 Å². The van der Waals surface area contributed by atoms with Crippen molar-refractivity contribution in [3.05, 3.63) is 0 Å². The van der Waals surface area contributed by atoms with Crippen molar-refractivity contribution in [3.63, 3.8) is 0 Å². The van der Waals surface area contributed by atoms with Crippen LogP contribution < -0.4 is 0 Å². The highest BCUT2D eigenvalue weighted by atomic mass is 16.6. The molecular weight excluding hydrogens is 254 g/mol. The lowest BCUT2D eigenvalue weighted by atomic mass is 9.92. The van der Waals surface area contributed by atoms with Gasteiger partial charge in [0, 0.05) is 20.3 Å². The van der Waals surface area contributed by atoms with Gasteiger partial charge in [0.15, 0.2) is 5.78 Å². The van der Waals surface area contributed by atoms with Crippen LogP contribution in [0.25, 0.3) is 0 Å². The molecule has 1 amide bonds. The van der Waals surface area contributed by atoms with E-state index in [1.807, 2.05) is 0 Å². The summed E-state index contributed by atoms with van der Waals surface area (Å²) in [7, 11) is 0. The van der Waals surface area contributed by atoms with Crippen molar-refractivity contribution in [3.8, 4) is 0 Å². The van der Waals surface area contributed by atoms with Crippen LogP contribution in [0.4, 0.5) is 0 Å². The minimum absolute atomic E-state index is 0.0190. The van der Waals surface area contributed by atoms with Crippen molar-refractivity contribution in [2.45, 2.75) is 51.8 Å². The topological polar surface area (TPSA) is 101 Å². The highest BCUT2D eigenvalue weighted by Crippen LogP contribution is 2.36. The van der Waals surface area contributed by atoms with Gasteiger partial charge >= 0.3 is 11.9 Å². The molecule has 0 aromatic carbocycles. The Balaban J connectivity index is 3.23. The molecule has 1 fully saturated rings. The second-order valence-corrected chi connectivity index (χ2v) is 4.53. The molecule has 7 nitrogen and oxygen atoms in total. The van der Waals surface area contributed by atoms with Crippen LogP contribution in [0.2, 0.25) is 0 Å². The molecular formula is C12H17NO6. The molecule has 0 aromatic heterocycles. The number of carboxylic acids is 1. The molecule has 1 N–H and O–H groups in total. The number of esters is 1. The lowest BCUT2D eigenvalue weighted by Gasteiger charge is -2.37. The standard InChI is InChI=1S/C12H17NO6/c1-4-12(11(17)18)6-5-9(16)13(12)10(7(2)14)19-8(3)15/h10H,4-6H2,1-3H3,(H,17,18)/t10?,12-/m0/s1. The van der Waals surface area contributed by atoms with Crippen molar-refractivity contribution in [1.29, 1.82) is 0 Å². The summed E-state index contributed by atoms with van der Waals surface area (Å²) >= 11 is 0. The predicted octanol–water partition coefficient (Wildman–Crippen LogP) is 0.320. The number of carbonyl (C=O) groups excluding carboxylic acids is 3. The van der Waals surface area contributed by atoms with Crippen LogP contribution >= 0.6 is 0 Å². The average molecular weight is 271 g/mol. The SMILES string of the molecule is CC[C@@]1(C(=O)O)CCC(=O)N1C(OC(C)=O)C(C)=O. The van der Waals surface area contributed by atoms with Gasteiger partial charge in [-0.1, -0.05) is 6.92 Å². The number of hydrogen-bond donors (Lipinski definition) is 1. The van der Waals surface area contributed by atoms with Crippen LogP contribution in [0.5, 0.6) is 0 Å². The second-order valence-electron chi connectivity index (χ2n) is 4.53. The van der Waals surface area contributed by atoms with Crippen LogP contribution in [0.1, 0.15) is 40.0 Å². The molecule has 0 aromatic rings. The molecule has 1 heterocycles. The normalized spacial score (nSPS) is 24.2. The van der Waals surface area contributed by atoms with Crippen molar-refractivity contribution >= 4 is 23.6 Å². The first-order chi connectivity index (χ1) is 8.76. The highest BCUT2D eigenvalue weighted by molar-refractivity contribution is 5.95. The number of amides is 1. The number of aliphatic carboxylic acids is 1. The number of ether oxygens (including phenoxy) is 1. The van der Waals surface area contributed by atoms with Crippen molar-refractivity contribution < 1.29 is 29.0 Å². The molecule has 0 bridgehead atoms. The molecule has 1 rings (SSSR count). The third kappa shape index (κ3) is 2.59. The number of ketones is 1. The minimum atomic E-state index is -1.48. The Hall–Kier alpha value is -1.92. The number of nitrogens with zero attached hydrogens (tertiary/aromatic N) is 1. The number of likely N-dealkylation sites (tertiary alicyclic amines) is 1. The maximum Gasteiger partial charge on any atom is 0.329 e. The number of carboxylic acid groups (broad SMARTS) is 1. The van der Waals surface area contributed by atoms with E-state index in [4.69, 9.17) is 4.74 Å². The van der Waals surface area contributed by atoms with Gasteiger partial charge in [-0.05, 0) is 12.8 Å². The zero-order valence-electron chi connectivity index (χ0n) is 11.1. The van der Waals surface area contributed by atoms with Gasteiger partial charge in [0.1, 0.15) is 5.54 Å². The van der Waals surface area contributed by atoms with Crippen molar-refractivity contribution in [2.24, 2.45) is 0 Å². The number of hydrogen-bond acceptors (Lipinski definition) is 5. The first-order valence-corrected chi connectivity index (χ1v) is 5.99. The lowest BCUT2D eigenvalue weighted by molar-refractivity contribution is -0.181. The molecule has 1 aliphatic rings.